The van der Waals surface area contributed by atoms with E-state index in [2.05, 4.69) is 0 Å². The van der Waals surface area contributed by atoms with Gasteiger partial charge in [0.2, 0.25) is 11.6 Å². The first-order valence-electron chi connectivity index (χ1n) is 5.79. The number of methoxy groups -OCH3 is 1. The Balaban J connectivity index is 2.27. The van der Waals surface area contributed by atoms with E-state index < -0.39 is 11.6 Å². The van der Waals surface area contributed by atoms with Gasteiger partial charge in [0, 0.05) is 17.6 Å². The van der Waals surface area contributed by atoms with Crippen LogP contribution in [0.5, 0.6) is 5.75 Å². The van der Waals surface area contributed by atoms with E-state index in [-0.39, 0.29) is 6.10 Å². The quantitative estimate of drug-likeness (QED) is 0.709. The van der Waals surface area contributed by atoms with Crippen LogP contribution in [0, 0.1) is 0 Å². The van der Waals surface area contributed by atoms with E-state index in [1.54, 1.807) is 18.2 Å². The number of hydrogen-bond acceptors (Lipinski definition) is 4. The minimum Gasteiger partial charge on any atom is -0.496 e. The van der Waals surface area contributed by atoms with E-state index in [1.807, 2.05) is 6.92 Å². The smallest absolute Gasteiger partial charge is 0.237 e. The Kier molecular flexibility index (Phi) is 2.26. The molecule has 0 aromatic heterocycles. The molecule has 3 rings (SSSR count). The number of Topliss-reactive ketones (excluding diaryl/α,β-unsaturated/α-hetero) is 2. The number of ketones is 2. The monoisotopic (exact) mass is 244 g/mol. The van der Waals surface area contributed by atoms with Gasteiger partial charge in [-0.1, -0.05) is 12.1 Å². The van der Waals surface area contributed by atoms with E-state index in [0.717, 1.165) is 0 Å². The van der Waals surface area contributed by atoms with Crippen molar-refractivity contribution in [2.45, 2.75) is 19.4 Å². The molecule has 1 aromatic rings. The van der Waals surface area contributed by atoms with Crippen LogP contribution in [0.15, 0.2) is 23.8 Å². The van der Waals surface area contributed by atoms with Gasteiger partial charge in [0.25, 0.3) is 0 Å². The van der Waals surface area contributed by atoms with Crippen molar-refractivity contribution in [2.75, 3.05) is 7.11 Å². The third kappa shape index (κ3) is 1.32. The average Bonchev–Trinajstić information content (AvgIpc) is 2.77. The lowest BCUT2D eigenvalue weighted by molar-refractivity contribution is -0.112. The van der Waals surface area contributed by atoms with Gasteiger partial charge in [-0.15, -0.1) is 0 Å². The molecule has 1 heterocycles. The van der Waals surface area contributed by atoms with Gasteiger partial charge < -0.3 is 9.47 Å². The second-order valence-electron chi connectivity index (χ2n) is 4.48. The molecule has 0 bridgehead atoms. The maximum absolute atomic E-state index is 12.1. The van der Waals surface area contributed by atoms with E-state index in [9.17, 15) is 9.59 Å². The fourth-order valence-corrected chi connectivity index (χ4v) is 2.49. The second-order valence-corrected chi connectivity index (χ2v) is 4.48. The fraction of sp³-hybridized carbons (Fsp3) is 0.286. The van der Waals surface area contributed by atoms with Crippen molar-refractivity contribution < 1.29 is 19.1 Å². The van der Waals surface area contributed by atoms with Gasteiger partial charge in [-0.2, -0.15) is 0 Å². The molecule has 1 aliphatic heterocycles. The van der Waals surface area contributed by atoms with Crippen LogP contribution in [0.4, 0.5) is 0 Å². The van der Waals surface area contributed by atoms with Crippen molar-refractivity contribution in [1.29, 1.82) is 0 Å². The van der Waals surface area contributed by atoms with Crippen molar-refractivity contribution in [3.8, 4) is 5.75 Å². The zero-order valence-electron chi connectivity index (χ0n) is 10.1. The van der Waals surface area contributed by atoms with Crippen LogP contribution in [0.25, 0.3) is 5.76 Å². The van der Waals surface area contributed by atoms with Crippen molar-refractivity contribution in [3.63, 3.8) is 0 Å². The molecule has 0 N–H and O–H groups in total. The average molecular weight is 244 g/mol. The summed E-state index contributed by atoms with van der Waals surface area (Å²) in [4.78, 5) is 24.2. The first kappa shape index (κ1) is 11.0. The zero-order chi connectivity index (χ0) is 12.9. The molecule has 4 heteroatoms. The van der Waals surface area contributed by atoms with E-state index >= 15 is 0 Å². The Hall–Kier alpha value is -2.10. The van der Waals surface area contributed by atoms with E-state index in [4.69, 9.17) is 9.47 Å². The van der Waals surface area contributed by atoms with Gasteiger partial charge in [-0.3, -0.25) is 9.59 Å². The summed E-state index contributed by atoms with van der Waals surface area (Å²) < 4.78 is 10.8. The highest BCUT2D eigenvalue weighted by Gasteiger charge is 2.40. The van der Waals surface area contributed by atoms with Gasteiger partial charge in [-0.05, 0) is 13.0 Å². The maximum Gasteiger partial charge on any atom is 0.237 e. The third-order valence-electron chi connectivity index (χ3n) is 3.28. The number of carbonyl (C=O) groups excluding carboxylic acids is 2. The molecule has 0 spiro atoms. The van der Waals surface area contributed by atoms with Gasteiger partial charge in [0.05, 0.1) is 12.7 Å². The van der Waals surface area contributed by atoms with Crippen LogP contribution in [0.3, 0.4) is 0 Å². The fourth-order valence-electron chi connectivity index (χ4n) is 2.49. The Labute approximate surface area is 104 Å². The summed E-state index contributed by atoms with van der Waals surface area (Å²) in [6, 6.07) is 5.25. The highest BCUT2D eigenvalue weighted by atomic mass is 16.5. The summed E-state index contributed by atoms with van der Waals surface area (Å²) in [6.45, 7) is 1.88. The van der Waals surface area contributed by atoms with Gasteiger partial charge in [0.15, 0.2) is 0 Å². The summed E-state index contributed by atoms with van der Waals surface area (Å²) in [7, 11) is 1.48. The molecule has 0 amide bonds. The van der Waals surface area contributed by atoms with Crippen molar-refractivity contribution >= 4 is 17.3 Å². The van der Waals surface area contributed by atoms with Crippen LogP contribution in [0.1, 0.15) is 29.3 Å². The van der Waals surface area contributed by atoms with Crippen molar-refractivity contribution in [1.82, 2.24) is 0 Å². The summed E-state index contributed by atoms with van der Waals surface area (Å²) >= 11 is 0. The number of hydrogen-bond donors (Lipinski definition) is 0. The standard InChI is InChI=1S/C14H12O4/c1-7-6-9-12(15)13(16)11-8(14(9)18-7)4-3-5-10(11)17-2/h3-5,7H,6H2,1-2H3/t7-/m0/s1. The molecular formula is C14H12O4. The van der Waals surface area contributed by atoms with Crippen LogP contribution in [-0.4, -0.2) is 24.8 Å². The lowest BCUT2D eigenvalue weighted by atomic mass is 9.87. The topological polar surface area (TPSA) is 52.6 Å². The molecule has 0 saturated carbocycles. The van der Waals surface area contributed by atoms with E-state index in [0.29, 0.717) is 34.6 Å². The van der Waals surface area contributed by atoms with Gasteiger partial charge in [0.1, 0.15) is 17.6 Å². The number of benzene rings is 1. The van der Waals surface area contributed by atoms with Gasteiger partial charge in [-0.25, -0.2) is 0 Å². The zero-order valence-corrected chi connectivity index (χ0v) is 10.1. The minimum absolute atomic E-state index is 0.0658. The van der Waals surface area contributed by atoms with Crippen LogP contribution < -0.4 is 4.74 Å². The Bertz CT molecular complexity index is 598. The number of rotatable bonds is 1. The van der Waals surface area contributed by atoms with Gasteiger partial charge >= 0.3 is 0 Å². The molecule has 0 saturated heterocycles. The van der Waals surface area contributed by atoms with Crippen molar-refractivity contribution in [2.24, 2.45) is 0 Å². The SMILES string of the molecule is COc1cccc2c1C(=O)C(=O)C1=C2O[C@@H](C)C1. The normalized spacial score (nSPS) is 21.6. The number of ether oxygens (including phenoxy) is 2. The highest BCUT2D eigenvalue weighted by molar-refractivity contribution is 6.52. The second kappa shape index (κ2) is 3.70. The Morgan fingerprint density at radius 1 is 1.28 bits per heavy atom. The lowest BCUT2D eigenvalue weighted by Crippen LogP contribution is -2.23. The van der Waals surface area contributed by atoms with Crippen LogP contribution in [0.2, 0.25) is 0 Å². The lowest BCUT2D eigenvalue weighted by Gasteiger charge is -2.18. The maximum atomic E-state index is 12.1. The van der Waals surface area contributed by atoms with Crippen LogP contribution >= 0.6 is 0 Å². The highest BCUT2D eigenvalue weighted by Crippen LogP contribution is 2.41. The number of fused-ring (bicyclic) bond motifs is 2. The predicted molar refractivity (Wildman–Crippen MR) is 64.4 cm³/mol. The third-order valence-corrected chi connectivity index (χ3v) is 3.28. The molecule has 1 aliphatic carbocycles. The molecule has 18 heavy (non-hydrogen) atoms. The molecule has 0 unspecified atom stereocenters. The molecule has 2 aliphatic rings. The summed E-state index contributed by atoms with van der Waals surface area (Å²) in [5, 5.41) is 0. The molecule has 0 fully saturated rings. The molecular weight excluding hydrogens is 232 g/mol. The predicted octanol–water partition coefficient (Wildman–Crippen LogP) is 1.98. The van der Waals surface area contributed by atoms with Crippen LogP contribution in [-0.2, 0) is 9.53 Å². The van der Waals surface area contributed by atoms with Crippen molar-refractivity contribution in [3.05, 3.63) is 34.9 Å². The number of carbonyl (C=O) groups is 2. The first-order chi connectivity index (χ1) is 8.63. The Morgan fingerprint density at radius 2 is 2.06 bits per heavy atom. The summed E-state index contributed by atoms with van der Waals surface area (Å²) in [6.07, 6.45) is 0.431. The molecule has 4 nitrogen and oxygen atoms in total. The molecule has 1 aromatic carbocycles. The molecule has 0 radical (unpaired) electrons. The largest absolute Gasteiger partial charge is 0.496 e. The summed E-state index contributed by atoms with van der Waals surface area (Å²) in [5.74, 6) is -0.00759. The Morgan fingerprint density at radius 3 is 2.78 bits per heavy atom. The summed E-state index contributed by atoms with van der Waals surface area (Å²) in [5.41, 5.74) is 1.48. The molecule has 1 atom stereocenters. The minimum atomic E-state index is -0.501. The first-order valence-corrected chi connectivity index (χ1v) is 5.79. The molecule has 92 valence electrons. The van der Waals surface area contributed by atoms with E-state index in [1.165, 1.54) is 7.11 Å².